The largest absolute Gasteiger partial charge is 0.488 e. The van der Waals surface area contributed by atoms with Crippen molar-refractivity contribution < 1.29 is 14.3 Å². The van der Waals surface area contributed by atoms with Crippen LogP contribution in [-0.4, -0.2) is 24.0 Å². The zero-order valence-corrected chi connectivity index (χ0v) is 8.42. The molecule has 80 valence electrons. The Bertz CT molecular complexity index is 523. The first kappa shape index (κ1) is 8.21. The van der Waals surface area contributed by atoms with Crippen molar-refractivity contribution in [1.29, 1.82) is 0 Å². The lowest BCUT2D eigenvalue weighted by atomic mass is 9.86. The van der Waals surface area contributed by atoms with E-state index in [0.717, 1.165) is 17.0 Å². The normalized spacial score (nSPS) is 32.8. The Hall–Kier alpha value is -1.97. The summed E-state index contributed by atoms with van der Waals surface area (Å²) < 4.78 is 11.4. The van der Waals surface area contributed by atoms with Gasteiger partial charge < -0.3 is 14.3 Å². The van der Waals surface area contributed by atoms with Crippen molar-refractivity contribution in [2.45, 2.75) is 11.7 Å². The minimum absolute atomic E-state index is 0.157. The van der Waals surface area contributed by atoms with Crippen molar-refractivity contribution in [2.75, 3.05) is 6.61 Å². The molecular weight excluding hydrogens is 206 g/mol. The monoisotopic (exact) mass is 215 g/mol. The number of nitrogens with zero attached hydrogens (tertiary/aromatic N) is 1. The van der Waals surface area contributed by atoms with Gasteiger partial charge in [-0.05, 0) is 18.2 Å². The molecule has 0 N–H and O–H groups in total. The number of rotatable bonds is 0. The fraction of sp³-hybridized carbons (Fsp3) is 0.250. The van der Waals surface area contributed by atoms with Crippen molar-refractivity contribution in [3.63, 3.8) is 0 Å². The maximum atomic E-state index is 5.72. The molecule has 3 heterocycles. The Balaban J connectivity index is 1.91. The molecular formula is C12H9NO3. The molecule has 0 fully saturated rings. The van der Waals surface area contributed by atoms with Crippen molar-refractivity contribution in [2.24, 2.45) is 5.16 Å². The summed E-state index contributed by atoms with van der Waals surface area (Å²) in [5, 5.41) is 4.13. The summed E-state index contributed by atoms with van der Waals surface area (Å²) in [4.78, 5) is 5.37. The van der Waals surface area contributed by atoms with Gasteiger partial charge in [0.1, 0.15) is 18.1 Å². The fourth-order valence-corrected chi connectivity index (χ4v) is 2.39. The average molecular weight is 215 g/mol. The van der Waals surface area contributed by atoms with E-state index in [4.69, 9.17) is 14.3 Å². The highest BCUT2D eigenvalue weighted by Gasteiger charge is 2.57. The highest BCUT2D eigenvalue weighted by molar-refractivity contribution is 6.11. The Morgan fingerprint density at radius 2 is 2.25 bits per heavy atom. The maximum Gasteiger partial charge on any atom is 0.230 e. The van der Waals surface area contributed by atoms with Crippen molar-refractivity contribution >= 4 is 5.71 Å². The van der Waals surface area contributed by atoms with Gasteiger partial charge in [-0.2, -0.15) is 0 Å². The van der Waals surface area contributed by atoms with E-state index in [1.807, 2.05) is 30.3 Å². The van der Waals surface area contributed by atoms with Crippen molar-refractivity contribution in [3.8, 4) is 5.75 Å². The number of oxime groups is 1. The van der Waals surface area contributed by atoms with Gasteiger partial charge in [0, 0.05) is 5.56 Å². The predicted molar refractivity (Wildman–Crippen MR) is 56.3 cm³/mol. The molecule has 0 aliphatic carbocycles. The van der Waals surface area contributed by atoms with Crippen molar-refractivity contribution in [1.82, 2.24) is 0 Å². The summed E-state index contributed by atoms with van der Waals surface area (Å²) in [6.45, 7) is 0.445. The second-order valence-corrected chi connectivity index (χ2v) is 4.09. The molecule has 2 atom stereocenters. The van der Waals surface area contributed by atoms with Crippen LogP contribution in [0.2, 0.25) is 0 Å². The lowest BCUT2D eigenvalue weighted by molar-refractivity contribution is -0.0248. The zero-order valence-electron chi connectivity index (χ0n) is 8.42. The lowest BCUT2D eigenvalue weighted by Gasteiger charge is -2.32. The van der Waals surface area contributed by atoms with Gasteiger partial charge in [-0.25, -0.2) is 0 Å². The van der Waals surface area contributed by atoms with E-state index in [-0.39, 0.29) is 6.10 Å². The second-order valence-electron chi connectivity index (χ2n) is 4.09. The van der Waals surface area contributed by atoms with E-state index in [9.17, 15) is 0 Å². The molecule has 0 aromatic heterocycles. The lowest BCUT2D eigenvalue weighted by Crippen LogP contribution is -2.51. The first-order valence-corrected chi connectivity index (χ1v) is 5.21. The SMILES string of the molecule is C1=CC2ON=C3c4ccccc4OCC32O1. The van der Waals surface area contributed by atoms with Crippen molar-refractivity contribution in [3.05, 3.63) is 42.2 Å². The minimum Gasteiger partial charge on any atom is -0.488 e. The van der Waals surface area contributed by atoms with Crippen LogP contribution in [0.5, 0.6) is 5.75 Å². The molecule has 3 aliphatic rings. The summed E-state index contributed by atoms with van der Waals surface area (Å²) in [6.07, 6.45) is 3.38. The smallest absolute Gasteiger partial charge is 0.230 e. The van der Waals surface area contributed by atoms with E-state index in [1.54, 1.807) is 6.26 Å². The molecule has 4 heteroatoms. The molecule has 1 spiro atoms. The van der Waals surface area contributed by atoms with Gasteiger partial charge >= 0.3 is 0 Å². The van der Waals surface area contributed by atoms with Gasteiger partial charge in [0.15, 0.2) is 6.10 Å². The molecule has 3 aliphatic heterocycles. The maximum absolute atomic E-state index is 5.72. The van der Waals surface area contributed by atoms with E-state index < -0.39 is 5.60 Å². The number of ether oxygens (including phenoxy) is 2. The Labute approximate surface area is 92.1 Å². The van der Waals surface area contributed by atoms with Crippen LogP contribution < -0.4 is 4.74 Å². The Morgan fingerprint density at radius 3 is 3.25 bits per heavy atom. The molecule has 0 amide bonds. The average Bonchev–Trinajstić information content (AvgIpc) is 2.85. The standard InChI is InChI=1S/C12H9NO3/c1-2-4-9-8(3-1)11-12(7-14-9)10(16-13-11)5-6-15-12/h1-6,10H,7H2. The minimum atomic E-state index is -0.561. The van der Waals surface area contributed by atoms with Gasteiger partial charge in [0.2, 0.25) is 5.60 Å². The van der Waals surface area contributed by atoms with Gasteiger partial charge in [0.05, 0.1) is 6.26 Å². The Morgan fingerprint density at radius 1 is 1.31 bits per heavy atom. The Kier molecular flexibility index (Phi) is 1.32. The zero-order chi connectivity index (χ0) is 10.6. The predicted octanol–water partition coefficient (Wildman–Crippen LogP) is 1.46. The number of benzene rings is 1. The quantitative estimate of drug-likeness (QED) is 0.657. The number of hydrogen-bond donors (Lipinski definition) is 0. The van der Waals surface area contributed by atoms with Crippen LogP contribution in [0.25, 0.3) is 0 Å². The molecule has 16 heavy (non-hydrogen) atoms. The van der Waals surface area contributed by atoms with E-state index in [1.165, 1.54) is 0 Å². The summed E-state index contributed by atoms with van der Waals surface area (Å²) in [6, 6.07) is 7.81. The third-order valence-corrected chi connectivity index (χ3v) is 3.23. The van der Waals surface area contributed by atoms with Crippen LogP contribution in [0.15, 0.2) is 41.8 Å². The summed E-state index contributed by atoms with van der Waals surface area (Å²) in [5.74, 6) is 0.839. The first-order valence-electron chi connectivity index (χ1n) is 5.21. The first-order chi connectivity index (χ1) is 7.90. The van der Waals surface area contributed by atoms with Gasteiger partial charge in [-0.1, -0.05) is 17.3 Å². The van der Waals surface area contributed by atoms with E-state index >= 15 is 0 Å². The highest BCUT2D eigenvalue weighted by atomic mass is 16.7. The van der Waals surface area contributed by atoms with E-state index in [2.05, 4.69) is 5.16 Å². The number of fused-ring (bicyclic) bond motifs is 2. The molecule has 4 nitrogen and oxygen atoms in total. The molecule has 2 unspecified atom stereocenters. The van der Waals surface area contributed by atoms with Gasteiger partial charge in [-0.15, -0.1) is 0 Å². The van der Waals surface area contributed by atoms with Gasteiger partial charge in [-0.3, -0.25) is 0 Å². The number of para-hydroxylation sites is 1. The third kappa shape index (κ3) is 0.790. The second kappa shape index (κ2) is 2.58. The summed E-state index contributed by atoms with van der Waals surface area (Å²) >= 11 is 0. The summed E-state index contributed by atoms with van der Waals surface area (Å²) in [7, 11) is 0. The van der Waals surface area contributed by atoms with Crippen LogP contribution in [0, 0.1) is 0 Å². The molecule has 1 aromatic carbocycles. The van der Waals surface area contributed by atoms with Crippen LogP contribution in [0.3, 0.4) is 0 Å². The highest BCUT2D eigenvalue weighted by Crippen LogP contribution is 2.41. The van der Waals surface area contributed by atoms with Crippen LogP contribution >= 0.6 is 0 Å². The number of hydrogen-bond acceptors (Lipinski definition) is 4. The third-order valence-electron chi connectivity index (χ3n) is 3.23. The molecule has 0 bridgehead atoms. The molecule has 0 saturated heterocycles. The molecule has 0 saturated carbocycles. The van der Waals surface area contributed by atoms with Gasteiger partial charge in [0.25, 0.3) is 0 Å². The van der Waals surface area contributed by atoms with E-state index in [0.29, 0.717) is 6.61 Å². The summed E-state index contributed by atoms with van der Waals surface area (Å²) in [5.41, 5.74) is 1.23. The van der Waals surface area contributed by atoms with Crippen LogP contribution in [-0.2, 0) is 9.57 Å². The molecule has 1 aromatic rings. The topological polar surface area (TPSA) is 40.0 Å². The van der Waals surface area contributed by atoms with Crippen LogP contribution in [0.1, 0.15) is 5.56 Å². The molecule has 4 rings (SSSR count). The fourth-order valence-electron chi connectivity index (χ4n) is 2.39. The molecule has 0 radical (unpaired) electrons. The van der Waals surface area contributed by atoms with Crippen LogP contribution in [0.4, 0.5) is 0 Å².